The minimum atomic E-state index is 0.231. The first-order valence-electron chi connectivity index (χ1n) is 6.79. The molecule has 3 rings (SSSR count). The van der Waals surface area contributed by atoms with E-state index in [-0.39, 0.29) is 6.04 Å². The monoisotopic (exact) mass is 317 g/mol. The van der Waals surface area contributed by atoms with E-state index in [4.69, 9.17) is 11.6 Å². The highest BCUT2D eigenvalue weighted by Gasteiger charge is 2.11. The summed E-state index contributed by atoms with van der Waals surface area (Å²) >= 11 is 7.75. The molecule has 0 aliphatic rings. The second-order valence-corrected chi connectivity index (χ2v) is 6.29. The van der Waals surface area contributed by atoms with Gasteiger partial charge in [-0.1, -0.05) is 29.8 Å². The predicted octanol–water partition coefficient (Wildman–Crippen LogP) is 4.64. The van der Waals surface area contributed by atoms with Gasteiger partial charge in [0.15, 0.2) is 0 Å². The van der Waals surface area contributed by atoms with Crippen LogP contribution in [0.5, 0.6) is 0 Å². The van der Waals surface area contributed by atoms with E-state index in [1.807, 2.05) is 30.5 Å². The molecule has 1 atom stereocenters. The van der Waals surface area contributed by atoms with Crippen LogP contribution in [0, 0.1) is 0 Å². The average Bonchev–Trinajstić information content (AvgIpc) is 3.15. The second kappa shape index (κ2) is 6.43. The summed E-state index contributed by atoms with van der Waals surface area (Å²) < 4.78 is 0. The number of H-pyrrole nitrogens is 1. The van der Waals surface area contributed by atoms with E-state index in [1.54, 1.807) is 11.3 Å². The molecule has 0 spiro atoms. The van der Waals surface area contributed by atoms with E-state index >= 15 is 0 Å². The van der Waals surface area contributed by atoms with Crippen LogP contribution in [0.4, 0.5) is 0 Å². The van der Waals surface area contributed by atoms with E-state index in [2.05, 4.69) is 40.0 Å². The van der Waals surface area contributed by atoms with Crippen LogP contribution in [0.2, 0.25) is 5.02 Å². The molecular formula is C16H16ClN3S. The van der Waals surface area contributed by atoms with E-state index in [0.717, 1.165) is 17.3 Å². The molecule has 3 aromatic rings. The molecule has 0 unspecified atom stereocenters. The van der Waals surface area contributed by atoms with Crippen molar-refractivity contribution in [3.63, 3.8) is 0 Å². The Labute approximate surface area is 133 Å². The van der Waals surface area contributed by atoms with Crippen LogP contribution in [0.1, 0.15) is 24.1 Å². The number of halogens is 1. The van der Waals surface area contributed by atoms with Crippen LogP contribution in [-0.4, -0.2) is 10.2 Å². The molecule has 0 amide bonds. The Morgan fingerprint density at radius 3 is 3.00 bits per heavy atom. The van der Waals surface area contributed by atoms with Crippen molar-refractivity contribution in [1.82, 2.24) is 15.5 Å². The number of hydrogen-bond acceptors (Lipinski definition) is 3. The quantitative estimate of drug-likeness (QED) is 0.719. The van der Waals surface area contributed by atoms with Gasteiger partial charge in [-0.05, 0) is 36.1 Å². The number of benzene rings is 1. The van der Waals surface area contributed by atoms with Crippen molar-refractivity contribution in [2.75, 3.05) is 0 Å². The van der Waals surface area contributed by atoms with Crippen molar-refractivity contribution >= 4 is 22.9 Å². The highest BCUT2D eigenvalue weighted by Crippen LogP contribution is 2.26. The third kappa shape index (κ3) is 3.35. The smallest absolute Gasteiger partial charge is 0.0794 e. The van der Waals surface area contributed by atoms with E-state index in [9.17, 15) is 0 Å². The van der Waals surface area contributed by atoms with E-state index in [1.165, 1.54) is 16.0 Å². The predicted molar refractivity (Wildman–Crippen MR) is 88.6 cm³/mol. The maximum absolute atomic E-state index is 6.04. The second-order valence-electron chi connectivity index (χ2n) is 4.91. The Morgan fingerprint density at radius 2 is 2.24 bits per heavy atom. The summed E-state index contributed by atoms with van der Waals surface area (Å²) in [4.78, 5) is 1.21. The number of hydrogen-bond donors (Lipinski definition) is 2. The molecule has 0 saturated heterocycles. The van der Waals surface area contributed by atoms with Crippen molar-refractivity contribution in [1.29, 1.82) is 0 Å². The molecule has 0 aliphatic carbocycles. The highest BCUT2D eigenvalue weighted by atomic mass is 35.5. The molecule has 3 nitrogen and oxygen atoms in total. The van der Waals surface area contributed by atoms with Crippen molar-refractivity contribution in [2.45, 2.75) is 19.5 Å². The Morgan fingerprint density at radius 1 is 1.33 bits per heavy atom. The Balaban J connectivity index is 1.70. The first-order valence-corrected chi connectivity index (χ1v) is 8.05. The highest BCUT2D eigenvalue weighted by molar-refractivity contribution is 7.13. The van der Waals surface area contributed by atoms with Gasteiger partial charge in [0.25, 0.3) is 0 Å². The molecule has 2 heterocycles. The zero-order valence-corrected chi connectivity index (χ0v) is 13.2. The molecule has 0 saturated carbocycles. The van der Waals surface area contributed by atoms with Gasteiger partial charge in [0, 0.05) is 23.2 Å². The number of aromatic amines is 1. The zero-order valence-electron chi connectivity index (χ0n) is 11.6. The molecule has 0 radical (unpaired) electrons. The normalized spacial score (nSPS) is 12.5. The summed E-state index contributed by atoms with van der Waals surface area (Å²) in [5.74, 6) is 0. The van der Waals surface area contributed by atoms with Crippen molar-refractivity contribution in [3.05, 3.63) is 64.1 Å². The van der Waals surface area contributed by atoms with Crippen LogP contribution in [0.15, 0.2) is 48.0 Å². The fraction of sp³-hybridized carbons (Fsp3) is 0.188. The number of thiophene rings is 1. The molecule has 0 fully saturated rings. The minimum Gasteiger partial charge on any atom is -0.306 e. The van der Waals surface area contributed by atoms with Gasteiger partial charge in [-0.25, -0.2) is 0 Å². The van der Waals surface area contributed by atoms with Crippen LogP contribution >= 0.6 is 22.9 Å². The van der Waals surface area contributed by atoms with Crippen LogP contribution < -0.4 is 5.32 Å². The number of rotatable bonds is 5. The third-order valence-corrected chi connectivity index (χ3v) is 4.56. The fourth-order valence-corrected chi connectivity index (χ4v) is 3.19. The summed E-state index contributed by atoms with van der Waals surface area (Å²) in [6.07, 6.45) is 1.88. The van der Waals surface area contributed by atoms with Crippen LogP contribution in [0.25, 0.3) is 10.6 Å². The molecule has 0 bridgehead atoms. The zero-order chi connectivity index (χ0) is 14.7. The summed E-state index contributed by atoms with van der Waals surface area (Å²) in [5, 5.41) is 13.6. The van der Waals surface area contributed by atoms with Gasteiger partial charge in [0.1, 0.15) is 0 Å². The molecule has 5 heteroatoms. The van der Waals surface area contributed by atoms with Crippen molar-refractivity contribution < 1.29 is 0 Å². The Hall–Kier alpha value is -1.62. The van der Waals surface area contributed by atoms with Gasteiger partial charge in [0.2, 0.25) is 0 Å². The molecule has 0 aliphatic heterocycles. The van der Waals surface area contributed by atoms with E-state index in [0.29, 0.717) is 0 Å². The number of aromatic nitrogens is 2. The van der Waals surface area contributed by atoms with Crippen LogP contribution in [-0.2, 0) is 6.54 Å². The first-order chi connectivity index (χ1) is 10.2. The number of nitrogens with zero attached hydrogens (tertiary/aromatic N) is 1. The van der Waals surface area contributed by atoms with Crippen molar-refractivity contribution in [3.8, 4) is 10.6 Å². The van der Waals surface area contributed by atoms with Crippen molar-refractivity contribution in [2.24, 2.45) is 0 Å². The molecule has 2 N–H and O–H groups in total. The summed E-state index contributed by atoms with van der Waals surface area (Å²) in [6.45, 7) is 2.90. The summed E-state index contributed by atoms with van der Waals surface area (Å²) in [7, 11) is 0. The minimum absolute atomic E-state index is 0.231. The standard InChI is InChI=1S/C16H16ClN3S/c1-11(12-4-2-5-14(17)8-12)18-9-13-10-19-20-16(13)15-6-3-7-21-15/h2-8,10-11,18H,9H2,1H3,(H,19,20)/t11-/m1/s1. The molecular weight excluding hydrogens is 302 g/mol. The number of nitrogens with one attached hydrogen (secondary N) is 2. The van der Waals surface area contributed by atoms with Gasteiger partial charge in [-0.15, -0.1) is 11.3 Å². The van der Waals surface area contributed by atoms with E-state index < -0.39 is 0 Å². The fourth-order valence-electron chi connectivity index (χ4n) is 2.24. The SMILES string of the molecule is C[C@@H](NCc1cn[nH]c1-c1cccs1)c1cccc(Cl)c1. The topological polar surface area (TPSA) is 40.7 Å². The third-order valence-electron chi connectivity index (χ3n) is 3.43. The maximum atomic E-state index is 6.04. The average molecular weight is 318 g/mol. The molecule has 108 valence electrons. The Bertz CT molecular complexity index is 706. The lowest BCUT2D eigenvalue weighted by Gasteiger charge is -2.14. The van der Waals surface area contributed by atoms with Crippen LogP contribution in [0.3, 0.4) is 0 Å². The van der Waals surface area contributed by atoms with Gasteiger partial charge < -0.3 is 5.32 Å². The van der Waals surface area contributed by atoms with Gasteiger partial charge in [-0.2, -0.15) is 5.10 Å². The Kier molecular flexibility index (Phi) is 4.39. The van der Waals surface area contributed by atoms with Gasteiger partial charge in [-0.3, -0.25) is 5.10 Å². The molecule has 1 aromatic carbocycles. The summed E-state index contributed by atoms with van der Waals surface area (Å²) in [6, 6.07) is 12.3. The lowest BCUT2D eigenvalue weighted by molar-refractivity contribution is 0.575. The maximum Gasteiger partial charge on any atom is 0.0794 e. The van der Waals surface area contributed by atoms with Gasteiger partial charge in [0.05, 0.1) is 16.8 Å². The lowest BCUT2D eigenvalue weighted by Crippen LogP contribution is -2.18. The first kappa shape index (κ1) is 14.3. The van der Waals surface area contributed by atoms with Gasteiger partial charge >= 0.3 is 0 Å². The summed E-state index contributed by atoms with van der Waals surface area (Å²) in [5.41, 5.74) is 3.45. The lowest BCUT2D eigenvalue weighted by atomic mass is 10.1. The largest absolute Gasteiger partial charge is 0.306 e. The molecule has 21 heavy (non-hydrogen) atoms. The molecule has 2 aromatic heterocycles.